The Morgan fingerprint density at radius 2 is 1.95 bits per heavy atom. The van der Waals surface area contributed by atoms with Gasteiger partial charge in [-0.2, -0.15) is 0 Å². The molecule has 1 amide bonds. The molecule has 0 aliphatic heterocycles. The van der Waals surface area contributed by atoms with Gasteiger partial charge < -0.3 is 10.4 Å². The predicted molar refractivity (Wildman–Crippen MR) is 76.1 cm³/mol. The largest absolute Gasteiger partial charge is 0.481 e. The lowest BCUT2D eigenvalue weighted by atomic mass is 9.96. The molecule has 0 saturated heterocycles. The number of non-ortho nitro benzene ring substituents is 1. The quantitative estimate of drug-likeness (QED) is 0.616. The second kappa shape index (κ2) is 6.83. The molecule has 2 N–H and O–H groups in total. The number of aryl methyl sites for hydroxylation is 1. The minimum Gasteiger partial charge on any atom is -0.481 e. The number of carboxylic acids is 1. The SMILES string of the molecule is Cc1cc(C(=O)NCC(C(=O)O)C(C)C)cc([N+](=O)[O-])c1. The Hall–Kier alpha value is -2.44. The van der Waals surface area contributed by atoms with Crippen LogP contribution in [0.2, 0.25) is 0 Å². The van der Waals surface area contributed by atoms with Crippen LogP contribution in [0.25, 0.3) is 0 Å². The highest BCUT2D eigenvalue weighted by molar-refractivity contribution is 5.95. The first-order chi connectivity index (χ1) is 9.72. The lowest BCUT2D eigenvalue weighted by Gasteiger charge is -2.16. The summed E-state index contributed by atoms with van der Waals surface area (Å²) in [6.45, 7) is 5.14. The van der Waals surface area contributed by atoms with Gasteiger partial charge in [-0.25, -0.2) is 0 Å². The molecule has 7 heteroatoms. The summed E-state index contributed by atoms with van der Waals surface area (Å²) >= 11 is 0. The summed E-state index contributed by atoms with van der Waals surface area (Å²) in [4.78, 5) is 33.2. The number of amides is 1. The maximum Gasteiger partial charge on any atom is 0.308 e. The molecule has 0 spiro atoms. The van der Waals surface area contributed by atoms with Crippen molar-refractivity contribution >= 4 is 17.6 Å². The third-order valence-corrected chi connectivity index (χ3v) is 3.14. The number of carboxylic acid groups (broad SMARTS) is 1. The fourth-order valence-corrected chi connectivity index (χ4v) is 1.91. The number of carbonyl (C=O) groups is 2. The van der Waals surface area contributed by atoms with Crippen LogP contribution in [0.5, 0.6) is 0 Å². The highest BCUT2D eigenvalue weighted by Gasteiger charge is 2.22. The fraction of sp³-hybridized carbons (Fsp3) is 0.429. The summed E-state index contributed by atoms with van der Waals surface area (Å²) in [5.74, 6) is -2.34. The van der Waals surface area contributed by atoms with E-state index < -0.39 is 22.7 Å². The van der Waals surface area contributed by atoms with E-state index in [2.05, 4.69) is 5.32 Å². The molecule has 0 heterocycles. The Bertz CT molecular complexity index is 568. The number of nitro groups is 1. The number of carbonyl (C=O) groups excluding carboxylic acids is 1. The minimum atomic E-state index is -0.986. The van der Waals surface area contributed by atoms with E-state index in [9.17, 15) is 19.7 Å². The zero-order valence-corrected chi connectivity index (χ0v) is 12.1. The zero-order chi connectivity index (χ0) is 16.2. The van der Waals surface area contributed by atoms with Gasteiger partial charge in [-0.3, -0.25) is 19.7 Å². The number of rotatable bonds is 6. The van der Waals surface area contributed by atoms with E-state index in [1.165, 1.54) is 18.2 Å². The Balaban J connectivity index is 2.85. The van der Waals surface area contributed by atoms with Crippen LogP contribution in [0.4, 0.5) is 5.69 Å². The molecule has 21 heavy (non-hydrogen) atoms. The van der Waals surface area contributed by atoms with Gasteiger partial charge >= 0.3 is 5.97 Å². The molecule has 0 aliphatic rings. The molecule has 1 atom stereocenters. The predicted octanol–water partition coefficient (Wildman–Crippen LogP) is 1.99. The number of nitrogens with zero attached hydrogens (tertiary/aromatic N) is 1. The second-order valence-corrected chi connectivity index (χ2v) is 5.21. The summed E-state index contributed by atoms with van der Waals surface area (Å²) in [5.41, 5.74) is 0.571. The molecular weight excluding hydrogens is 276 g/mol. The summed E-state index contributed by atoms with van der Waals surface area (Å²) in [7, 11) is 0. The van der Waals surface area contributed by atoms with E-state index in [1.807, 2.05) is 0 Å². The summed E-state index contributed by atoms with van der Waals surface area (Å²) in [5, 5.41) is 22.3. The molecule has 1 rings (SSSR count). The highest BCUT2D eigenvalue weighted by Crippen LogP contribution is 2.17. The van der Waals surface area contributed by atoms with Crippen LogP contribution < -0.4 is 5.32 Å². The first kappa shape index (κ1) is 16.6. The molecule has 1 unspecified atom stereocenters. The van der Waals surface area contributed by atoms with Gasteiger partial charge in [0.15, 0.2) is 0 Å². The average molecular weight is 294 g/mol. The van der Waals surface area contributed by atoms with Crippen LogP contribution >= 0.6 is 0 Å². The normalized spacial score (nSPS) is 12.0. The van der Waals surface area contributed by atoms with Crippen LogP contribution in [0.3, 0.4) is 0 Å². The van der Waals surface area contributed by atoms with Gasteiger partial charge in [-0.15, -0.1) is 0 Å². The van der Waals surface area contributed by atoms with E-state index in [1.54, 1.807) is 20.8 Å². The van der Waals surface area contributed by atoms with Gasteiger partial charge in [0, 0.05) is 24.2 Å². The van der Waals surface area contributed by atoms with Crippen molar-refractivity contribution in [3.05, 3.63) is 39.4 Å². The van der Waals surface area contributed by atoms with Gasteiger partial charge in [0.2, 0.25) is 0 Å². The number of benzene rings is 1. The average Bonchev–Trinajstić information content (AvgIpc) is 2.36. The third kappa shape index (κ3) is 4.55. The molecule has 0 fully saturated rings. The van der Waals surface area contributed by atoms with Crippen LogP contribution in [-0.4, -0.2) is 28.5 Å². The minimum absolute atomic E-state index is 0.0203. The van der Waals surface area contributed by atoms with Crippen LogP contribution in [0.15, 0.2) is 18.2 Å². The topological polar surface area (TPSA) is 110 Å². The van der Waals surface area contributed by atoms with Crippen molar-refractivity contribution in [2.75, 3.05) is 6.54 Å². The Labute approximate surface area is 122 Å². The molecule has 0 saturated carbocycles. The fourth-order valence-electron chi connectivity index (χ4n) is 1.91. The van der Waals surface area contributed by atoms with Crippen molar-refractivity contribution in [3.63, 3.8) is 0 Å². The van der Waals surface area contributed by atoms with Crippen molar-refractivity contribution in [1.82, 2.24) is 5.32 Å². The molecule has 0 radical (unpaired) electrons. The highest BCUT2D eigenvalue weighted by atomic mass is 16.6. The zero-order valence-electron chi connectivity index (χ0n) is 12.1. The third-order valence-electron chi connectivity index (χ3n) is 3.14. The van der Waals surface area contributed by atoms with Gasteiger partial charge in [0.25, 0.3) is 11.6 Å². The molecule has 114 valence electrons. The maximum absolute atomic E-state index is 12.0. The molecule has 0 bridgehead atoms. The van der Waals surface area contributed by atoms with Gasteiger partial charge in [-0.05, 0) is 24.5 Å². The number of nitrogens with one attached hydrogen (secondary N) is 1. The number of nitro benzene ring substituents is 1. The number of aliphatic carboxylic acids is 1. The monoisotopic (exact) mass is 294 g/mol. The van der Waals surface area contributed by atoms with E-state index in [0.717, 1.165) is 0 Å². The van der Waals surface area contributed by atoms with E-state index in [0.29, 0.717) is 5.56 Å². The lowest BCUT2D eigenvalue weighted by molar-refractivity contribution is -0.384. The van der Waals surface area contributed by atoms with Crippen LogP contribution in [0, 0.1) is 28.9 Å². The van der Waals surface area contributed by atoms with Crippen molar-refractivity contribution in [2.24, 2.45) is 11.8 Å². The number of hydrogen-bond acceptors (Lipinski definition) is 4. The van der Waals surface area contributed by atoms with Crippen molar-refractivity contribution in [2.45, 2.75) is 20.8 Å². The number of hydrogen-bond donors (Lipinski definition) is 2. The van der Waals surface area contributed by atoms with Gasteiger partial charge in [0.05, 0.1) is 10.8 Å². The van der Waals surface area contributed by atoms with E-state index in [-0.39, 0.29) is 23.7 Å². The Kier molecular flexibility index (Phi) is 5.40. The summed E-state index contributed by atoms with van der Waals surface area (Å²) in [6.07, 6.45) is 0. The van der Waals surface area contributed by atoms with E-state index >= 15 is 0 Å². The standard InChI is InChI=1S/C14H18N2O5/c1-8(2)12(14(18)19)7-15-13(17)10-4-9(3)5-11(6-10)16(20)21/h4-6,8,12H,7H2,1-3H3,(H,15,17)(H,18,19). The molecular formula is C14H18N2O5. The molecule has 0 aromatic heterocycles. The molecule has 0 aliphatic carbocycles. The Morgan fingerprint density at radius 3 is 2.43 bits per heavy atom. The molecule has 7 nitrogen and oxygen atoms in total. The summed E-state index contributed by atoms with van der Waals surface area (Å²) < 4.78 is 0. The first-order valence-electron chi connectivity index (χ1n) is 6.49. The second-order valence-electron chi connectivity index (χ2n) is 5.21. The maximum atomic E-state index is 12.0. The van der Waals surface area contributed by atoms with Gasteiger partial charge in [-0.1, -0.05) is 13.8 Å². The van der Waals surface area contributed by atoms with Crippen molar-refractivity contribution < 1.29 is 19.6 Å². The molecule has 1 aromatic rings. The van der Waals surface area contributed by atoms with Crippen molar-refractivity contribution in [1.29, 1.82) is 0 Å². The van der Waals surface area contributed by atoms with E-state index in [4.69, 9.17) is 5.11 Å². The van der Waals surface area contributed by atoms with Gasteiger partial charge in [0.1, 0.15) is 0 Å². The first-order valence-corrected chi connectivity index (χ1v) is 6.49. The van der Waals surface area contributed by atoms with Crippen molar-refractivity contribution in [3.8, 4) is 0 Å². The smallest absolute Gasteiger partial charge is 0.308 e. The Morgan fingerprint density at radius 1 is 1.33 bits per heavy atom. The summed E-state index contributed by atoms with van der Waals surface area (Å²) in [6, 6.07) is 4.06. The molecule has 1 aromatic carbocycles. The lowest BCUT2D eigenvalue weighted by Crippen LogP contribution is -2.35. The van der Waals surface area contributed by atoms with Crippen LogP contribution in [0.1, 0.15) is 29.8 Å². The van der Waals surface area contributed by atoms with Crippen LogP contribution in [-0.2, 0) is 4.79 Å².